The molecular formula is C20H28N4O2S. The Morgan fingerprint density at radius 3 is 2.96 bits per heavy atom. The Labute approximate surface area is 164 Å². The number of hydrogen-bond acceptors (Lipinski definition) is 5. The van der Waals surface area contributed by atoms with Crippen LogP contribution in [-0.4, -0.2) is 65.3 Å². The number of aromatic nitrogens is 2. The van der Waals surface area contributed by atoms with Gasteiger partial charge in [0.2, 0.25) is 0 Å². The van der Waals surface area contributed by atoms with Gasteiger partial charge in [-0.15, -0.1) is 11.3 Å². The van der Waals surface area contributed by atoms with Gasteiger partial charge in [-0.25, -0.2) is 0 Å². The molecule has 0 unspecified atom stereocenters. The molecule has 2 aliphatic rings. The zero-order valence-corrected chi connectivity index (χ0v) is 16.8. The Kier molecular flexibility index (Phi) is 5.90. The molecule has 1 N–H and O–H groups in total. The summed E-state index contributed by atoms with van der Waals surface area (Å²) in [6, 6.07) is 4.26. The highest BCUT2D eigenvalue weighted by Gasteiger charge is 2.27. The van der Waals surface area contributed by atoms with Gasteiger partial charge in [-0.3, -0.25) is 14.8 Å². The molecule has 3 heterocycles. The fourth-order valence-electron chi connectivity index (χ4n) is 3.97. The summed E-state index contributed by atoms with van der Waals surface area (Å²) < 4.78 is 5.42. The summed E-state index contributed by atoms with van der Waals surface area (Å²) in [7, 11) is 0. The highest BCUT2D eigenvalue weighted by atomic mass is 32.1. The number of carbonyl (C=O) groups is 1. The first-order valence-electron chi connectivity index (χ1n) is 9.91. The minimum Gasteiger partial charge on any atom is -0.379 e. The number of aromatic amines is 1. The first-order chi connectivity index (χ1) is 13.2. The SMILES string of the molecule is Cc1ccc(CN(CCCN2CCOCC2)C(=O)c2n[nH]c3c2CCC3)s1. The largest absolute Gasteiger partial charge is 0.379 e. The lowest BCUT2D eigenvalue weighted by Crippen LogP contribution is -2.39. The molecule has 27 heavy (non-hydrogen) atoms. The number of rotatable bonds is 7. The number of nitrogens with zero attached hydrogens (tertiary/aromatic N) is 3. The van der Waals surface area contributed by atoms with Gasteiger partial charge in [-0.1, -0.05) is 0 Å². The number of fused-ring (bicyclic) bond motifs is 1. The average Bonchev–Trinajstić information content (AvgIpc) is 3.38. The maximum Gasteiger partial charge on any atom is 0.274 e. The topological polar surface area (TPSA) is 61.5 Å². The lowest BCUT2D eigenvalue weighted by molar-refractivity contribution is 0.0355. The molecule has 4 rings (SSSR count). The summed E-state index contributed by atoms with van der Waals surface area (Å²) in [5.41, 5.74) is 2.93. The molecule has 0 atom stereocenters. The van der Waals surface area contributed by atoms with Gasteiger partial charge in [-0.05, 0) is 44.7 Å². The number of thiophene rings is 1. The van der Waals surface area contributed by atoms with Crippen molar-refractivity contribution in [3.63, 3.8) is 0 Å². The lowest BCUT2D eigenvalue weighted by Gasteiger charge is -2.28. The third kappa shape index (κ3) is 4.42. The van der Waals surface area contributed by atoms with Gasteiger partial charge in [0.25, 0.3) is 5.91 Å². The van der Waals surface area contributed by atoms with Crippen LogP contribution in [0.25, 0.3) is 0 Å². The Morgan fingerprint density at radius 1 is 1.33 bits per heavy atom. The molecule has 0 bridgehead atoms. The van der Waals surface area contributed by atoms with Crippen LogP contribution in [0.2, 0.25) is 0 Å². The first kappa shape index (κ1) is 18.7. The van der Waals surface area contributed by atoms with Crippen LogP contribution >= 0.6 is 11.3 Å². The summed E-state index contributed by atoms with van der Waals surface area (Å²) in [4.78, 5) is 20.2. The van der Waals surface area contributed by atoms with E-state index in [4.69, 9.17) is 4.74 Å². The molecule has 0 saturated carbocycles. The smallest absolute Gasteiger partial charge is 0.274 e. The van der Waals surface area contributed by atoms with Gasteiger partial charge < -0.3 is 9.64 Å². The predicted molar refractivity (Wildman–Crippen MR) is 106 cm³/mol. The molecule has 146 valence electrons. The summed E-state index contributed by atoms with van der Waals surface area (Å²) in [6.07, 6.45) is 4.07. The van der Waals surface area contributed by atoms with Crippen LogP contribution in [0.3, 0.4) is 0 Å². The van der Waals surface area contributed by atoms with E-state index >= 15 is 0 Å². The number of ether oxygens (including phenoxy) is 1. The Morgan fingerprint density at radius 2 is 2.19 bits per heavy atom. The quantitative estimate of drug-likeness (QED) is 0.792. The van der Waals surface area contributed by atoms with Gasteiger partial charge in [-0.2, -0.15) is 5.10 Å². The maximum atomic E-state index is 13.3. The molecule has 2 aromatic rings. The van der Waals surface area contributed by atoms with Crippen LogP contribution in [0.15, 0.2) is 12.1 Å². The van der Waals surface area contributed by atoms with Crippen molar-refractivity contribution in [1.82, 2.24) is 20.0 Å². The number of nitrogens with one attached hydrogen (secondary N) is 1. The van der Waals surface area contributed by atoms with Crippen molar-refractivity contribution in [1.29, 1.82) is 0 Å². The fraction of sp³-hybridized carbons (Fsp3) is 0.600. The third-order valence-electron chi connectivity index (χ3n) is 5.44. The predicted octanol–water partition coefficient (Wildman–Crippen LogP) is 2.63. The molecule has 1 saturated heterocycles. The summed E-state index contributed by atoms with van der Waals surface area (Å²) in [5, 5.41) is 7.44. The standard InChI is InChI=1S/C20H28N4O2S/c1-15-6-7-16(27-15)14-24(9-3-8-23-10-12-26-13-11-23)20(25)19-17-4-2-5-18(17)21-22-19/h6-7H,2-5,8-14H2,1H3,(H,21,22). The highest BCUT2D eigenvalue weighted by molar-refractivity contribution is 7.11. The van der Waals surface area contributed by atoms with Crippen LogP contribution < -0.4 is 0 Å². The summed E-state index contributed by atoms with van der Waals surface area (Å²) >= 11 is 1.77. The average molecular weight is 389 g/mol. The Hall–Kier alpha value is -1.70. The molecule has 1 aliphatic carbocycles. The zero-order valence-electron chi connectivity index (χ0n) is 16.0. The number of morpholine rings is 1. The Balaban J connectivity index is 1.44. The van der Waals surface area contributed by atoms with Crippen LogP contribution in [0.4, 0.5) is 0 Å². The van der Waals surface area contributed by atoms with Crippen molar-refractivity contribution in [2.24, 2.45) is 0 Å². The summed E-state index contributed by atoms with van der Waals surface area (Å²) in [5.74, 6) is 0.0717. The van der Waals surface area contributed by atoms with E-state index in [1.54, 1.807) is 11.3 Å². The van der Waals surface area contributed by atoms with Crippen LogP contribution in [-0.2, 0) is 24.1 Å². The van der Waals surface area contributed by atoms with Crippen LogP contribution in [0, 0.1) is 6.92 Å². The number of hydrogen-bond donors (Lipinski definition) is 1. The van der Waals surface area contributed by atoms with Gasteiger partial charge >= 0.3 is 0 Å². The van der Waals surface area contributed by atoms with Gasteiger partial charge in [0.05, 0.1) is 19.8 Å². The molecule has 1 amide bonds. The molecule has 0 radical (unpaired) electrons. The van der Waals surface area contributed by atoms with E-state index < -0.39 is 0 Å². The monoisotopic (exact) mass is 388 g/mol. The van der Waals surface area contributed by atoms with Crippen LogP contribution in [0.5, 0.6) is 0 Å². The van der Waals surface area contributed by atoms with Gasteiger partial charge in [0, 0.05) is 47.2 Å². The Bertz CT molecular complexity index is 779. The fourth-order valence-corrected chi connectivity index (χ4v) is 4.87. The molecule has 1 fully saturated rings. The maximum absolute atomic E-state index is 13.3. The van der Waals surface area contributed by atoms with E-state index in [-0.39, 0.29) is 5.91 Å². The van der Waals surface area contributed by atoms with E-state index in [1.165, 1.54) is 9.75 Å². The lowest BCUT2D eigenvalue weighted by atomic mass is 10.1. The number of amides is 1. The third-order valence-corrected chi connectivity index (χ3v) is 6.43. The summed E-state index contributed by atoms with van der Waals surface area (Å²) in [6.45, 7) is 8.16. The van der Waals surface area contributed by atoms with Gasteiger partial charge in [0.1, 0.15) is 0 Å². The van der Waals surface area contributed by atoms with Crippen molar-refractivity contribution >= 4 is 17.2 Å². The van der Waals surface area contributed by atoms with Crippen molar-refractivity contribution in [3.8, 4) is 0 Å². The second-order valence-electron chi connectivity index (χ2n) is 7.43. The second kappa shape index (κ2) is 8.54. The van der Waals surface area contributed by atoms with E-state index in [2.05, 4.69) is 34.2 Å². The zero-order chi connectivity index (χ0) is 18.6. The van der Waals surface area contributed by atoms with Crippen molar-refractivity contribution < 1.29 is 9.53 Å². The van der Waals surface area contributed by atoms with Crippen LogP contribution in [0.1, 0.15) is 44.3 Å². The number of carbonyl (C=O) groups excluding carboxylic acids is 1. The molecule has 0 spiro atoms. The van der Waals surface area contributed by atoms with Crippen molar-refractivity contribution in [3.05, 3.63) is 38.8 Å². The second-order valence-corrected chi connectivity index (χ2v) is 8.80. The molecular weight excluding hydrogens is 360 g/mol. The first-order valence-corrected chi connectivity index (χ1v) is 10.7. The molecule has 0 aromatic carbocycles. The highest BCUT2D eigenvalue weighted by Crippen LogP contribution is 2.25. The minimum atomic E-state index is 0.0717. The van der Waals surface area contributed by atoms with E-state index in [0.717, 1.165) is 76.3 Å². The van der Waals surface area contributed by atoms with Gasteiger partial charge in [0.15, 0.2) is 5.69 Å². The molecule has 1 aliphatic heterocycles. The molecule has 2 aromatic heterocycles. The number of aryl methyl sites for hydroxylation is 2. The normalized spacial score (nSPS) is 17.2. The molecule has 6 nitrogen and oxygen atoms in total. The molecule has 7 heteroatoms. The van der Waals surface area contributed by atoms with E-state index in [0.29, 0.717) is 12.2 Å². The van der Waals surface area contributed by atoms with E-state index in [9.17, 15) is 4.79 Å². The van der Waals surface area contributed by atoms with E-state index in [1.807, 2.05) is 4.90 Å². The minimum absolute atomic E-state index is 0.0717. The van der Waals surface area contributed by atoms with Crippen molar-refractivity contribution in [2.75, 3.05) is 39.4 Å². The van der Waals surface area contributed by atoms with Crippen molar-refractivity contribution in [2.45, 2.75) is 39.2 Å². The number of H-pyrrole nitrogens is 1.